The van der Waals surface area contributed by atoms with Crippen molar-refractivity contribution in [2.24, 2.45) is 0 Å². The van der Waals surface area contributed by atoms with E-state index in [0.717, 1.165) is 5.56 Å². The van der Waals surface area contributed by atoms with Gasteiger partial charge in [0.2, 0.25) is 5.88 Å². The number of hydrogen-bond donors (Lipinski definition) is 1. The monoisotopic (exact) mass is 268 g/mol. The van der Waals surface area contributed by atoms with Crippen LogP contribution in [0.4, 0.5) is 0 Å². The maximum Gasteiger partial charge on any atom is 0.353 e. The van der Waals surface area contributed by atoms with Crippen LogP contribution < -0.4 is 4.74 Å². The molecule has 2 aromatic heterocycles. The first-order valence-electron chi connectivity index (χ1n) is 6.06. The van der Waals surface area contributed by atoms with Crippen LogP contribution in [0.1, 0.15) is 10.5 Å². The summed E-state index contributed by atoms with van der Waals surface area (Å²) in [6, 6.07) is 14.5. The number of carbonyl (C=O) groups is 1. The smallest absolute Gasteiger partial charge is 0.353 e. The number of aromatic carboxylic acids is 1. The second-order valence-electron chi connectivity index (χ2n) is 4.25. The second-order valence-corrected chi connectivity index (χ2v) is 4.25. The van der Waals surface area contributed by atoms with Gasteiger partial charge in [-0.1, -0.05) is 36.4 Å². The van der Waals surface area contributed by atoms with Crippen molar-refractivity contribution in [1.29, 1.82) is 0 Å². The summed E-state index contributed by atoms with van der Waals surface area (Å²) in [6.07, 6.45) is 0. The Bertz CT molecular complexity index is 778. The quantitative estimate of drug-likeness (QED) is 0.793. The molecule has 0 saturated carbocycles. The van der Waals surface area contributed by atoms with E-state index in [-0.39, 0.29) is 5.69 Å². The Morgan fingerprint density at radius 3 is 2.55 bits per heavy atom. The lowest BCUT2D eigenvalue weighted by Crippen LogP contribution is -2.05. The Hall–Kier alpha value is -2.82. The minimum absolute atomic E-state index is 0.119. The first-order valence-corrected chi connectivity index (χ1v) is 6.06. The number of carboxylic acid groups (broad SMARTS) is 1. The highest BCUT2D eigenvalue weighted by molar-refractivity contribution is 5.87. The molecular weight excluding hydrogens is 256 g/mol. The fourth-order valence-corrected chi connectivity index (χ4v) is 2.21. The number of fused-ring (bicyclic) bond motifs is 1. The Labute approximate surface area is 115 Å². The van der Waals surface area contributed by atoms with Crippen molar-refractivity contribution in [3.05, 3.63) is 54.2 Å². The molecule has 3 rings (SSSR count). The SMILES string of the molecule is COc1c(-c2ccccc2)nc2cccc(C(=O)O)n12. The van der Waals surface area contributed by atoms with Crippen molar-refractivity contribution in [1.82, 2.24) is 9.38 Å². The normalized spacial score (nSPS) is 10.7. The maximum atomic E-state index is 11.3. The number of ether oxygens (including phenoxy) is 1. The maximum absolute atomic E-state index is 11.3. The van der Waals surface area contributed by atoms with Crippen LogP contribution in [-0.4, -0.2) is 27.6 Å². The van der Waals surface area contributed by atoms with Crippen LogP contribution in [0, 0.1) is 0 Å². The lowest BCUT2D eigenvalue weighted by molar-refractivity contribution is 0.0688. The Balaban J connectivity index is 2.36. The van der Waals surface area contributed by atoms with E-state index in [1.54, 1.807) is 12.1 Å². The van der Waals surface area contributed by atoms with Gasteiger partial charge in [0.25, 0.3) is 0 Å². The van der Waals surface area contributed by atoms with Crippen molar-refractivity contribution < 1.29 is 14.6 Å². The molecule has 1 aromatic carbocycles. The van der Waals surface area contributed by atoms with E-state index in [0.29, 0.717) is 17.2 Å². The molecule has 0 atom stereocenters. The predicted molar refractivity (Wildman–Crippen MR) is 74.1 cm³/mol. The molecule has 5 nitrogen and oxygen atoms in total. The summed E-state index contributed by atoms with van der Waals surface area (Å²) in [5.74, 6) is -0.602. The summed E-state index contributed by atoms with van der Waals surface area (Å²) >= 11 is 0. The number of hydrogen-bond acceptors (Lipinski definition) is 3. The number of nitrogens with zero attached hydrogens (tertiary/aromatic N) is 2. The van der Waals surface area contributed by atoms with Gasteiger partial charge in [0, 0.05) is 5.56 Å². The van der Waals surface area contributed by atoms with E-state index in [4.69, 9.17) is 4.74 Å². The molecule has 20 heavy (non-hydrogen) atoms. The summed E-state index contributed by atoms with van der Waals surface area (Å²) in [6.45, 7) is 0. The highest BCUT2D eigenvalue weighted by Crippen LogP contribution is 2.31. The van der Waals surface area contributed by atoms with Crippen molar-refractivity contribution in [3.8, 4) is 17.1 Å². The molecule has 0 amide bonds. The molecule has 3 aromatic rings. The standard InChI is InChI=1S/C15H12N2O3/c1-20-14-13(10-6-3-2-4-7-10)16-12-9-5-8-11(15(18)19)17(12)14/h2-9H,1H3,(H,18,19). The van der Waals surface area contributed by atoms with Crippen molar-refractivity contribution in [2.45, 2.75) is 0 Å². The first-order chi connectivity index (χ1) is 9.72. The van der Waals surface area contributed by atoms with Crippen LogP contribution >= 0.6 is 0 Å². The highest BCUT2D eigenvalue weighted by atomic mass is 16.5. The number of benzene rings is 1. The van der Waals surface area contributed by atoms with Crippen molar-refractivity contribution in [2.75, 3.05) is 7.11 Å². The molecule has 0 spiro atoms. The van der Waals surface area contributed by atoms with E-state index in [2.05, 4.69) is 4.98 Å². The van der Waals surface area contributed by atoms with Gasteiger partial charge in [0.15, 0.2) is 0 Å². The molecule has 0 aliphatic rings. The third kappa shape index (κ3) is 1.80. The van der Waals surface area contributed by atoms with Crippen LogP contribution in [0.15, 0.2) is 48.5 Å². The van der Waals surface area contributed by atoms with Crippen molar-refractivity contribution in [3.63, 3.8) is 0 Å². The van der Waals surface area contributed by atoms with E-state index in [1.807, 2.05) is 30.3 Å². The molecule has 1 N–H and O–H groups in total. The fraction of sp³-hybridized carbons (Fsp3) is 0.0667. The third-order valence-electron chi connectivity index (χ3n) is 3.06. The molecule has 2 heterocycles. The molecule has 0 fully saturated rings. The fourth-order valence-electron chi connectivity index (χ4n) is 2.21. The number of aromatic nitrogens is 2. The van der Waals surface area contributed by atoms with Crippen LogP contribution in [-0.2, 0) is 0 Å². The number of rotatable bonds is 3. The minimum atomic E-state index is -1.02. The predicted octanol–water partition coefficient (Wildman–Crippen LogP) is 2.71. The van der Waals surface area contributed by atoms with Gasteiger partial charge < -0.3 is 9.84 Å². The largest absolute Gasteiger partial charge is 0.480 e. The number of carboxylic acids is 1. The zero-order valence-corrected chi connectivity index (χ0v) is 10.8. The number of pyridine rings is 1. The average Bonchev–Trinajstić information content (AvgIpc) is 2.86. The molecule has 0 bridgehead atoms. The number of methoxy groups -OCH3 is 1. The van der Waals surface area contributed by atoms with Crippen LogP contribution in [0.25, 0.3) is 16.9 Å². The summed E-state index contributed by atoms with van der Waals surface area (Å²) in [5.41, 5.74) is 2.17. The Morgan fingerprint density at radius 1 is 1.15 bits per heavy atom. The minimum Gasteiger partial charge on any atom is -0.480 e. The molecule has 0 aliphatic carbocycles. The highest BCUT2D eigenvalue weighted by Gasteiger charge is 2.19. The summed E-state index contributed by atoms with van der Waals surface area (Å²) in [4.78, 5) is 15.8. The van der Waals surface area contributed by atoms with Gasteiger partial charge >= 0.3 is 5.97 Å². The summed E-state index contributed by atoms with van der Waals surface area (Å²) in [7, 11) is 1.51. The Morgan fingerprint density at radius 2 is 1.90 bits per heavy atom. The van der Waals surface area contributed by atoms with E-state index >= 15 is 0 Å². The lowest BCUT2D eigenvalue weighted by Gasteiger charge is -2.05. The summed E-state index contributed by atoms with van der Waals surface area (Å²) in [5, 5.41) is 9.28. The molecule has 0 radical (unpaired) electrons. The third-order valence-corrected chi connectivity index (χ3v) is 3.06. The van der Waals surface area contributed by atoms with Gasteiger partial charge in [-0.2, -0.15) is 0 Å². The number of imidazole rings is 1. The van der Waals surface area contributed by atoms with Gasteiger partial charge in [-0.3, -0.25) is 4.40 Å². The molecule has 0 unspecified atom stereocenters. The zero-order valence-electron chi connectivity index (χ0n) is 10.8. The van der Waals surface area contributed by atoms with E-state index in [1.165, 1.54) is 17.6 Å². The van der Waals surface area contributed by atoms with E-state index in [9.17, 15) is 9.90 Å². The zero-order chi connectivity index (χ0) is 14.1. The van der Waals surface area contributed by atoms with Gasteiger partial charge in [-0.05, 0) is 12.1 Å². The summed E-state index contributed by atoms with van der Waals surface area (Å²) < 4.78 is 6.89. The Kier molecular flexibility index (Phi) is 2.87. The van der Waals surface area contributed by atoms with Crippen LogP contribution in [0.3, 0.4) is 0 Å². The molecular formula is C15H12N2O3. The first kappa shape index (κ1) is 12.2. The molecule has 0 aliphatic heterocycles. The van der Waals surface area contributed by atoms with Gasteiger partial charge in [0.1, 0.15) is 17.0 Å². The molecule has 100 valence electrons. The van der Waals surface area contributed by atoms with Crippen LogP contribution in [0.5, 0.6) is 5.88 Å². The van der Waals surface area contributed by atoms with Gasteiger partial charge in [-0.25, -0.2) is 9.78 Å². The van der Waals surface area contributed by atoms with Crippen molar-refractivity contribution >= 4 is 11.6 Å². The van der Waals surface area contributed by atoms with E-state index < -0.39 is 5.97 Å². The molecule has 5 heteroatoms. The van der Waals surface area contributed by atoms with Gasteiger partial charge in [0.05, 0.1) is 7.11 Å². The van der Waals surface area contributed by atoms with Crippen LogP contribution in [0.2, 0.25) is 0 Å². The second kappa shape index (κ2) is 4.70. The average molecular weight is 268 g/mol. The van der Waals surface area contributed by atoms with Gasteiger partial charge in [-0.15, -0.1) is 0 Å². The topological polar surface area (TPSA) is 63.8 Å². The molecule has 0 saturated heterocycles. The lowest BCUT2D eigenvalue weighted by atomic mass is 10.2.